The lowest BCUT2D eigenvalue weighted by Gasteiger charge is -2.11. The van der Waals surface area contributed by atoms with E-state index in [-0.39, 0.29) is 13.2 Å². The van der Waals surface area contributed by atoms with Crippen LogP contribution in [0.5, 0.6) is 0 Å². The van der Waals surface area contributed by atoms with Gasteiger partial charge in [-0.15, -0.1) is 0 Å². The first-order chi connectivity index (χ1) is 11.5. The Hall–Kier alpha value is -2.04. The molecule has 0 aliphatic carbocycles. The van der Waals surface area contributed by atoms with E-state index in [1.165, 1.54) is 6.07 Å². The maximum absolute atomic E-state index is 14.3. The second kappa shape index (κ2) is 6.83. The molecule has 0 amide bonds. The molecule has 0 aliphatic rings. The molecule has 24 heavy (non-hydrogen) atoms. The number of halogens is 3. The molecular formula is C18H14Cl2FNO2. The number of ether oxygens (including phenoxy) is 1. The van der Waals surface area contributed by atoms with Gasteiger partial charge < -0.3 is 9.30 Å². The van der Waals surface area contributed by atoms with Crippen molar-refractivity contribution in [2.45, 2.75) is 13.5 Å². The number of hydrogen-bond donors (Lipinski definition) is 0. The molecule has 0 N–H and O–H groups in total. The highest BCUT2D eigenvalue weighted by molar-refractivity contribution is 6.42. The smallest absolute Gasteiger partial charge is 0.354 e. The van der Waals surface area contributed by atoms with Gasteiger partial charge in [-0.1, -0.05) is 41.4 Å². The van der Waals surface area contributed by atoms with E-state index in [4.69, 9.17) is 27.9 Å². The van der Waals surface area contributed by atoms with Crippen LogP contribution in [-0.2, 0) is 11.3 Å². The molecular weight excluding hydrogens is 352 g/mol. The fraction of sp³-hybridized carbons (Fsp3) is 0.167. The van der Waals surface area contributed by atoms with Crippen molar-refractivity contribution in [3.05, 3.63) is 69.6 Å². The van der Waals surface area contributed by atoms with Crippen molar-refractivity contribution in [3.63, 3.8) is 0 Å². The number of nitrogens with zero attached hydrogens (tertiary/aromatic N) is 1. The maximum Gasteiger partial charge on any atom is 0.354 e. The molecule has 124 valence electrons. The Morgan fingerprint density at radius 3 is 2.67 bits per heavy atom. The monoisotopic (exact) mass is 365 g/mol. The molecule has 0 saturated carbocycles. The number of rotatable bonds is 4. The van der Waals surface area contributed by atoms with Crippen LogP contribution in [0.15, 0.2) is 42.5 Å². The Labute approximate surface area is 148 Å². The Morgan fingerprint density at radius 2 is 1.96 bits per heavy atom. The van der Waals surface area contributed by atoms with Gasteiger partial charge in [-0.2, -0.15) is 0 Å². The van der Waals surface area contributed by atoms with Gasteiger partial charge in [0, 0.05) is 11.9 Å². The molecule has 0 unspecified atom stereocenters. The number of aromatic nitrogens is 1. The molecule has 0 saturated heterocycles. The topological polar surface area (TPSA) is 31.2 Å². The Bertz CT molecular complexity index is 921. The van der Waals surface area contributed by atoms with Gasteiger partial charge in [0.2, 0.25) is 0 Å². The van der Waals surface area contributed by atoms with Gasteiger partial charge >= 0.3 is 5.97 Å². The summed E-state index contributed by atoms with van der Waals surface area (Å²) < 4.78 is 21.0. The van der Waals surface area contributed by atoms with Gasteiger partial charge in [0.05, 0.1) is 22.2 Å². The van der Waals surface area contributed by atoms with E-state index >= 15 is 0 Å². The summed E-state index contributed by atoms with van der Waals surface area (Å²) in [5.74, 6) is -0.892. The minimum absolute atomic E-state index is 0.246. The zero-order valence-corrected chi connectivity index (χ0v) is 14.4. The molecule has 0 fully saturated rings. The molecule has 1 heterocycles. The van der Waals surface area contributed by atoms with E-state index in [2.05, 4.69) is 0 Å². The Kier molecular flexibility index (Phi) is 4.78. The van der Waals surface area contributed by atoms with Crippen LogP contribution in [-0.4, -0.2) is 17.1 Å². The zero-order valence-electron chi connectivity index (χ0n) is 12.9. The number of esters is 1. The number of hydrogen-bond acceptors (Lipinski definition) is 2. The lowest BCUT2D eigenvalue weighted by atomic mass is 10.2. The van der Waals surface area contributed by atoms with Crippen molar-refractivity contribution in [3.8, 4) is 0 Å². The van der Waals surface area contributed by atoms with Crippen LogP contribution in [0.3, 0.4) is 0 Å². The van der Waals surface area contributed by atoms with E-state index in [0.29, 0.717) is 26.6 Å². The van der Waals surface area contributed by atoms with Crippen LogP contribution in [0.25, 0.3) is 10.9 Å². The van der Waals surface area contributed by atoms with Crippen molar-refractivity contribution >= 4 is 40.1 Å². The average Bonchev–Trinajstić information content (AvgIpc) is 2.91. The van der Waals surface area contributed by atoms with Gasteiger partial charge in [-0.25, -0.2) is 9.18 Å². The summed E-state index contributed by atoms with van der Waals surface area (Å²) in [4.78, 5) is 12.2. The third-order valence-corrected chi connectivity index (χ3v) is 4.42. The number of benzene rings is 2. The van der Waals surface area contributed by atoms with Crippen LogP contribution < -0.4 is 0 Å². The van der Waals surface area contributed by atoms with E-state index in [1.807, 2.05) is 0 Å². The fourth-order valence-electron chi connectivity index (χ4n) is 2.64. The average molecular weight is 366 g/mol. The molecule has 0 spiro atoms. The van der Waals surface area contributed by atoms with Gasteiger partial charge in [0.1, 0.15) is 11.5 Å². The van der Waals surface area contributed by atoms with Gasteiger partial charge in [0.15, 0.2) is 0 Å². The SMILES string of the molecule is CCOC(=O)c1cc2cccc(F)c2n1Cc1ccc(Cl)c(Cl)c1. The van der Waals surface area contributed by atoms with Gasteiger partial charge in [0.25, 0.3) is 0 Å². The highest BCUT2D eigenvalue weighted by Crippen LogP contribution is 2.27. The number of para-hydroxylation sites is 1. The van der Waals surface area contributed by atoms with E-state index in [1.54, 1.807) is 47.9 Å². The maximum atomic E-state index is 14.3. The summed E-state index contributed by atoms with van der Waals surface area (Å²) in [6.07, 6.45) is 0. The first kappa shape index (κ1) is 16.8. The summed E-state index contributed by atoms with van der Waals surface area (Å²) in [5, 5.41) is 1.48. The fourth-order valence-corrected chi connectivity index (χ4v) is 2.96. The summed E-state index contributed by atoms with van der Waals surface area (Å²) in [7, 11) is 0. The second-order valence-corrected chi connectivity index (χ2v) is 6.08. The second-order valence-electron chi connectivity index (χ2n) is 5.26. The first-order valence-corrected chi connectivity index (χ1v) is 8.15. The summed E-state index contributed by atoms with van der Waals surface area (Å²) in [6, 6.07) is 11.5. The molecule has 3 rings (SSSR count). The first-order valence-electron chi connectivity index (χ1n) is 7.40. The highest BCUT2D eigenvalue weighted by atomic mass is 35.5. The number of carbonyl (C=O) groups is 1. The summed E-state index contributed by atoms with van der Waals surface area (Å²) >= 11 is 12.0. The molecule has 1 aromatic heterocycles. The van der Waals surface area contributed by atoms with E-state index in [0.717, 1.165) is 5.56 Å². The van der Waals surface area contributed by atoms with Crippen LogP contribution in [0, 0.1) is 5.82 Å². The third-order valence-electron chi connectivity index (χ3n) is 3.68. The van der Waals surface area contributed by atoms with Crippen molar-refractivity contribution in [2.75, 3.05) is 6.61 Å². The standard InChI is InChI=1S/C18H14Cl2FNO2/c1-2-24-18(23)16-9-12-4-3-5-15(21)17(12)22(16)10-11-6-7-13(19)14(20)8-11/h3-9H,2,10H2,1H3. The molecule has 0 bridgehead atoms. The van der Waals surface area contributed by atoms with Crippen molar-refractivity contribution < 1.29 is 13.9 Å². The summed E-state index contributed by atoms with van der Waals surface area (Å²) in [5.41, 5.74) is 1.45. The van der Waals surface area contributed by atoms with E-state index in [9.17, 15) is 9.18 Å². The van der Waals surface area contributed by atoms with Crippen LogP contribution >= 0.6 is 23.2 Å². The summed E-state index contributed by atoms with van der Waals surface area (Å²) in [6.45, 7) is 2.25. The van der Waals surface area contributed by atoms with Crippen molar-refractivity contribution in [2.24, 2.45) is 0 Å². The van der Waals surface area contributed by atoms with Gasteiger partial charge in [-0.05, 0) is 36.8 Å². The molecule has 0 radical (unpaired) electrons. The molecule has 6 heteroatoms. The Morgan fingerprint density at radius 1 is 1.17 bits per heavy atom. The molecule has 0 aliphatic heterocycles. The predicted molar refractivity (Wildman–Crippen MR) is 93.4 cm³/mol. The van der Waals surface area contributed by atoms with E-state index < -0.39 is 11.8 Å². The lowest BCUT2D eigenvalue weighted by Crippen LogP contribution is -2.13. The minimum Gasteiger partial charge on any atom is -0.461 e. The molecule has 3 nitrogen and oxygen atoms in total. The molecule has 2 aromatic carbocycles. The largest absolute Gasteiger partial charge is 0.461 e. The van der Waals surface area contributed by atoms with Crippen LogP contribution in [0.2, 0.25) is 10.0 Å². The quantitative estimate of drug-likeness (QED) is 0.586. The third kappa shape index (κ3) is 3.12. The molecule has 3 aromatic rings. The number of carbonyl (C=O) groups excluding carboxylic acids is 1. The highest BCUT2D eigenvalue weighted by Gasteiger charge is 2.19. The minimum atomic E-state index is -0.492. The normalized spacial score (nSPS) is 11.0. The lowest BCUT2D eigenvalue weighted by molar-refractivity contribution is 0.0515. The van der Waals surface area contributed by atoms with Crippen molar-refractivity contribution in [1.82, 2.24) is 4.57 Å². The zero-order chi connectivity index (χ0) is 17.3. The van der Waals surface area contributed by atoms with Crippen molar-refractivity contribution in [1.29, 1.82) is 0 Å². The number of fused-ring (bicyclic) bond motifs is 1. The Balaban J connectivity index is 2.14. The van der Waals surface area contributed by atoms with Gasteiger partial charge in [-0.3, -0.25) is 0 Å². The molecule has 0 atom stereocenters. The van der Waals surface area contributed by atoms with Crippen LogP contribution in [0.4, 0.5) is 4.39 Å². The predicted octanol–water partition coefficient (Wildman–Crippen LogP) is 5.31. The van der Waals surface area contributed by atoms with Crippen LogP contribution in [0.1, 0.15) is 23.0 Å².